The molecule has 2 N–H and O–H groups in total. The Labute approximate surface area is 125 Å². The summed E-state index contributed by atoms with van der Waals surface area (Å²) in [5.74, 6) is 0. The molecule has 8 heteroatoms. The molecule has 0 bridgehead atoms. The van der Waals surface area contributed by atoms with Gasteiger partial charge in [0.2, 0.25) is 0 Å². The van der Waals surface area contributed by atoms with E-state index in [0.29, 0.717) is 6.42 Å². The van der Waals surface area contributed by atoms with E-state index in [1.54, 1.807) is 11.1 Å². The van der Waals surface area contributed by atoms with Crippen molar-refractivity contribution >= 4 is 31.9 Å². The minimum atomic E-state index is -0.785. The molecule has 1 aliphatic heterocycles. The van der Waals surface area contributed by atoms with Gasteiger partial charge in [-0.15, -0.1) is 0 Å². The average molecular weight is 396 g/mol. The van der Waals surface area contributed by atoms with Crippen LogP contribution in [0.3, 0.4) is 0 Å². The molecule has 6 nitrogen and oxygen atoms in total. The standard InChI is InChI=1S/C11H12Br2N2O4/c12-3-1-7(16)10-6(13)5-9(19-10)15-4-2-8(17)14-11(15)18/h1-4,6-7,9-10,16H,5H2,(H,14,17,18)/t6-,7?,9+,10-/m0/s1. The van der Waals surface area contributed by atoms with E-state index in [4.69, 9.17) is 4.74 Å². The first-order chi connectivity index (χ1) is 9.02. The molecule has 2 rings (SSSR count). The van der Waals surface area contributed by atoms with Crippen LogP contribution in [0.4, 0.5) is 0 Å². The molecular formula is C11H12Br2N2O4. The minimum absolute atomic E-state index is 0.0879. The van der Waals surface area contributed by atoms with E-state index in [0.717, 1.165) is 0 Å². The lowest BCUT2D eigenvalue weighted by atomic mass is 10.1. The topological polar surface area (TPSA) is 84.3 Å². The minimum Gasteiger partial charge on any atom is -0.386 e. The van der Waals surface area contributed by atoms with Gasteiger partial charge in [0.15, 0.2) is 0 Å². The Morgan fingerprint density at radius 3 is 2.95 bits per heavy atom. The fourth-order valence-corrected chi connectivity index (χ4v) is 3.03. The highest BCUT2D eigenvalue weighted by atomic mass is 79.9. The van der Waals surface area contributed by atoms with Gasteiger partial charge in [-0.3, -0.25) is 14.3 Å². The maximum absolute atomic E-state index is 11.7. The molecular weight excluding hydrogens is 384 g/mol. The summed E-state index contributed by atoms with van der Waals surface area (Å²) >= 11 is 6.52. The van der Waals surface area contributed by atoms with E-state index < -0.39 is 29.7 Å². The van der Waals surface area contributed by atoms with Gasteiger partial charge in [-0.1, -0.05) is 31.9 Å². The number of aromatic nitrogens is 2. The number of nitrogens with one attached hydrogen (secondary N) is 1. The zero-order valence-electron chi connectivity index (χ0n) is 9.70. The summed E-state index contributed by atoms with van der Waals surface area (Å²) in [5, 5.41) is 9.88. The number of ether oxygens (including phenoxy) is 1. The van der Waals surface area contributed by atoms with E-state index in [1.165, 1.54) is 16.8 Å². The van der Waals surface area contributed by atoms with Crippen LogP contribution in [0, 0.1) is 0 Å². The van der Waals surface area contributed by atoms with Crippen molar-refractivity contribution in [1.29, 1.82) is 0 Å². The van der Waals surface area contributed by atoms with Crippen LogP contribution in [0.5, 0.6) is 0 Å². The predicted octanol–water partition coefficient (Wildman–Crippen LogP) is 0.857. The Kier molecular flexibility index (Phi) is 4.77. The van der Waals surface area contributed by atoms with Gasteiger partial charge in [-0.25, -0.2) is 4.79 Å². The number of hydrogen-bond donors (Lipinski definition) is 2. The van der Waals surface area contributed by atoms with Crippen LogP contribution >= 0.6 is 31.9 Å². The summed E-state index contributed by atoms with van der Waals surface area (Å²) < 4.78 is 6.97. The largest absolute Gasteiger partial charge is 0.386 e. The lowest BCUT2D eigenvalue weighted by molar-refractivity contribution is -0.0445. The van der Waals surface area contributed by atoms with Crippen molar-refractivity contribution in [2.24, 2.45) is 0 Å². The SMILES string of the molecule is O=c1ccn([C@H]2C[C@H](Br)[C@@H](C(O)C=CBr)O2)c(=O)[nH]1. The summed E-state index contributed by atoms with van der Waals surface area (Å²) in [6.45, 7) is 0. The molecule has 104 valence electrons. The molecule has 19 heavy (non-hydrogen) atoms. The average Bonchev–Trinajstić information content (AvgIpc) is 2.71. The normalized spacial score (nSPS) is 28.9. The second-order valence-corrected chi connectivity index (χ2v) is 5.84. The van der Waals surface area contributed by atoms with E-state index in [2.05, 4.69) is 36.8 Å². The third kappa shape index (κ3) is 3.25. The molecule has 1 unspecified atom stereocenters. The van der Waals surface area contributed by atoms with Gasteiger partial charge in [0.05, 0.1) is 0 Å². The van der Waals surface area contributed by atoms with Gasteiger partial charge in [0.25, 0.3) is 5.56 Å². The van der Waals surface area contributed by atoms with Gasteiger partial charge in [0.1, 0.15) is 18.4 Å². The number of halogens is 2. The van der Waals surface area contributed by atoms with E-state index in [9.17, 15) is 14.7 Å². The van der Waals surface area contributed by atoms with Crippen molar-refractivity contribution in [2.75, 3.05) is 0 Å². The molecule has 0 amide bonds. The van der Waals surface area contributed by atoms with Crippen molar-refractivity contribution in [3.8, 4) is 0 Å². The maximum Gasteiger partial charge on any atom is 0.330 e. The van der Waals surface area contributed by atoms with Crippen LogP contribution in [0.1, 0.15) is 12.6 Å². The molecule has 1 aromatic heterocycles. The first-order valence-corrected chi connectivity index (χ1v) is 7.42. The Morgan fingerprint density at radius 2 is 2.32 bits per heavy atom. The molecule has 0 aromatic carbocycles. The number of nitrogens with zero attached hydrogens (tertiary/aromatic N) is 1. The van der Waals surface area contributed by atoms with Gasteiger partial charge in [-0.05, 0) is 11.1 Å². The van der Waals surface area contributed by atoms with E-state index in [1.807, 2.05) is 0 Å². The third-order valence-electron chi connectivity index (χ3n) is 2.87. The van der Waals surface area contributed by atoms with E-state index >= 15 is 0 Å². The molecule has 1 fully saturated rings. The first-order valence-electron chi connectivity index (χ1n) is 5.59. The van der Waals surface area contributed by atoms with Crippen molar-refractivity contribution < 1.29 is 9.84 Å². The number of aromatic amines is 1. The highest BCUT2D eigenvalue weighted by molar-refractivity contribution is 9.11. The van der Waals surface area contributed by atoms with Crippen LogP contribution in [0.25, 0.3) is 0 Å². The quantitative estimate of drug-likeness (QED) is 0.743. The van der Waals surface area contributed by atoms with Crippen LogP contribution < -0.4 is 11.2 Å². The Hall–Kier alpha value is -0.700. The fourth-order valence-electron chi connectivity index (χ4n) is 1.96. The fraction of sp³-hybridized carbons (Fsp3) is 0.455. The lowest BCUT2D eigenvalue weighted by Crippen LogP contribution is -2.33. The van der Waals surface area contributed by atoms with E-state index in [-0.39, 0.29) is 4.83 Å². The summed E-state index contributed by atoms with van der Waals surface area (Å²) in [6.07, 6.45) is 1.70. The van der Waals surface area contributed by atoms with Gasteiger partial charge < -0.3 is 9.84 Å². The Morgan fingerprint density at radius 1 is 1.58 bits per heavy atom. The van der Waals surface area contributed by atoms with Crippen LogP contribution in [0.2, 0.25) is 0 Å². The Balaban J connectivity index is 2.21. The van der Waals surface area contributed by atoms with Crippen LogP contribution in [0.15, 0.2) is 32.9 Å². The molecule has 1 aliphatic rings. The zero-order valence-corrected chi connectivity index (χ0v) is 12.9. The molecule has 0 aliphatic carbocycles. The summed E-state index contributed by atoms with van der Waals surface area (Å²) in [7, 11) is 0. The molecule has 2 heterocycles. The number of rotatable bonds is 3. The van der Waals surface area contributed by atoms with Crippen molar-refractivity contribution in [3.63, 3.8) is 0 Å². The molecule has 1 aromatic rings. The third-order valence-corrected chi connectivity index (χ3v) is 4.07. The smallest absolute Gasteiger partial charge is 0.330 e. The van der Waals surface area contributed by atoms with Crippen molar-refractivity contribution in [3.05, 3.63) is 44.2 Å². The summed E-state index contributed by atoms with van der Waals surface area (Å²) in [6, 6.07) is 1.26. The highest BCUT2D eigenvalue weighted by Crippen LogP contribution is 2.34. The lowest BCUT2D eigenvalue weighted by Gasteiger charge is -2.18. The van der Waals surface area contributed by atoms with Gasteiger partial charge >= 0.3 is 5.69 Å². The van der Waals surface area contributed by atoms with Crippen molar-refractivity contribution in [1.82, 2.24) is 9.55 Å². The summed E-state index contributed by atoms with van der Waals surface area (Å²) in [5.41, 5.74) is -0.975. The van der Waals surface area contributed by atoms with Crippen LogP contribution in [-0.2, 0) is 4.74 Å². The highest BCUT2D eigenvalue weighted by Gasteiger charge is 2.38. The number of H-pyrrole nitrogens is 1. The second-order valence-electron chi connectivity index (χ2n) is 4.13. The molecule has 0 spiro atoms. The second kappa shape index (κ2) is 6.17. The number of hydrogen-bond acceptors (Lipinski definition) is 4. The first kappa shape index (κ1) is 14.7. The molecule has 1 saturated heterocycles. The number of aliphatic hydroxyl groups excluding tert-OH is 1. The molecule has 4 atom stereocenters. The maximum atomic E-state index is 11.7. The molecule has 0 saturated carbocycles. The van der Waals surface area contributed by atoms with Crippen molar-refractivity contribution in [2.45, 2.75) is 29.7 Å². The predicted molar refractivity (Wildman–Crippen MR) is 76.6 cm³/mol. The van der Waals surface area contributed by atoms with Gasteiger partial charge in [0, 0.05) is 23.5 Å². The number of alkyl halides is 1. The summed E-state index contributed by atoms with van der Waals surface area (Å²) in [4.78, 5) is 26.3. The van der Waals surface area contributed by atoms with Gasteiger partial charge in [-0.2, -0.15) is 0 Å². The van der Waals surface area contributed by atoms with Crippen LogP contribution in [-0.4, -0.2) is 31.7 Å². The molecule has 0 radical (unpaired) electrons. The Bertz CT molecular complexity index is 583. The zero-order chi connectivity index (χ0) is 14.0. The number of aliphatic hydroxyl groups is 1. The monoisotopic (exact) mass is 394 g/mol.